The standard InChI is InChI=1S/C15H16N2/c1-9-10(2)14-12-7-5-6-8-13(12)17(4)15(14)16-11(9)3/h5-8H,1-4H3. The zero-order valence-electron chi connectivity index (χ0n) is 10.7. The van der Waals surface area contributed by atoms with Gasteiger partial charge < -0.3 is 4.57 Å². The highest BCUT2D eigenvalue weighted by Gasteiger charge is 2.13. The summed E-state index contributed by atoms with van der Waals surface area (Å²) in [6, 6.07) is 8.51. The van der Waals surface area contributed by atoms with Crippen molar-refractivity contribution in [2.45, 2.75) is 20.8 Å². The fraction of sp³-hybridized carbons (Fsp3) is 0.267. The van der Waals surface area contributed by atoms with Gasteiger partial charge in [0.15, 0.2) is 0 Å². The van der Waals surface area contributed by atoms with Crippen LogP contribution in [0.25, 0.3) is 21.9 Å². The van der Waals surface area contributed by atoms with Crippen molar-refractivity contribution in [3.63, 3.8) is 0 Å². The lowest BCUT2D eigenvalue weighted by atomic mass is 10.0. The quantitative estimate of drug-likeness (QED) is 0.570. The van der Waals surface area contributed by atoms with E-state index in [1.807, 2.05) is 0 Å². The van der Waals surface area contributed by atoms with E-state index in [9.17, 15) is 0 Å². The summed E-state index contributed by atoms with van der Waals surface area (Å²) < 4.78 is 2.18. The first kappa shape index (κ1) is 10.3. The first-order chi connectivity index (χ1) is 8.11. The van der Waals surface area contributed by atoms with Gasteiger partial charge in [-0.25, -0.2) is 4.98 Å². The highest BCUT2D eigenvalue weighted by atomic mass is 15.0. The number of nitrogens with zero attached hydrogens (tertiary/aromatic N) is 2. The Morgan fingerprint density at radius 2 is 1.71 bits per heavy atom. The third-order valence-corrected chi connectivity index (χ3v) is 3.83. The smallest absolute Gasteiger partial charge is 0.141 e. The maximum Gasteiger partial charge on any atom is 0.141 e. The van der Waals surface area contributed by atoms with Crippen LogP contribution in [0.1, 0.15) is 16.8 Å². The molecule has 0 aliphatic carbocycles. The van der Waals surface area contributed by atoms with E-state index >= 15 is 0 Å². The van der Waals surface area contributed by atoms with Crippen LogP contribution in [0, 0.1) is 20.8 Å². The summed E-state index contributed by atoms with van der Waals surface area (Å²) >= 11 is 0. The minimum atomic E-state index is 1.09. The van der Waals surface area contributed by atoms with E-state index in [1.165, 1.54) is 27.4 Å². The molecule has 0 atom stereocenters. The van der Waals surface area contributed by atoms with Crippen molar-refractivity contribution in [3.05, 3.63) is 41.1 Å². The molecular weight excluding hydrogens is 208 g/mol. The van der Waals surface area contributed by atoms with Crippen molar-refractivity contribution in [2.24, 2.45) is 7.05 Å². The third-order valence-electron chi connectivity index (χ3n) is 3.83. The van der Waals surface area contributed by atoms with Crippen LogP contribution in [0.15, 0.2) is 24.3 Å². The number of aryl methyl sites for hydroxylation is 3. The highest BCUT2D eigenvalue weighted by Crippen LogP contribution is 2.31. The molecule has 3 rings (SSSR count). The molecule has 0 bridgehead atoms. The van der Waals surface area contributed by atoms with E-state index in [0.717, 1.165) is 11.3 Å². The second-order valence-electron chi connectivity index (χ2n) is 4.72. The van der Waals surface area contributed by atoms with Gasteiger partial charge in [0.25, 0.3) is 0 Å². The Labute approximate surface area is 101 Å². The molecule has 0 spiro atoms. The summed E-state index contributed by atoms with van der Waals surface area (Å²) in [6.07, 6.45) is 0. The lowest BCUT2D eigenvalue weighted by Crippen LogP contribution is -1.95. The number of hydrogen-bond donors (Lipinski definition) is 0. The molecule has 0 saturated carbocycles. The summed E-state index contributed by atoms with van der Waals surface area (Å²) in [5.74, 6) is 0. The first-order valence-electron chi connectivity index (χ1n) is 5.92. The van der Waals surface area contributed by atoms with E-state index in [2.05, 4.69) is 56.7 Å². The molecule has 2 aromatic heterocycles. The van der Waals surface area contributed by atoms with E-state index < -0.39 is 0 Å². The Balaban J connectivity index is 2.68. The predicted octanol–water partition coefficient (Wildman–Crippen LogP) is 3.65. The number of fused-ring (bicyclic) bond motifs is 3. The van der Waals surface area contributed by atoms with Crippen LogP contribution in [-0.4, -0.2) is 9.55 Å². The van der Waals surface area contributed by atoms with Crippen LogP contribution in [-0.2, 0) is 7.05 Å². The van der Waals surface area contributed by atoms with Gasteiger partial charge in [-0.2, -0.15) is 0 Å². The number of hydrogen-bond acceptors (Lipinski definition) is 1. The summed E-state index contributed by atoms with van der Waals surface area (Å²) in [5, 5.41) is 2.60. The molecular formula is C15H16N2. The average molecular weight is 224 g/mol. The van der Waals surface area contributed by atoms with E-state index in [-0.39, 0.29) is 0 Å². The topological polar surface area (TPSA) is 17.8 Å². The van der Waals surface area contributed by atoms with Gasteiger partial charge in [-0.05, 0) is 38.0 Å². The van der Waals surface area contributed by atoms with Gasteiger partial charge >= 0.3 is 0 Å². The molecule has 0 N–H and O–H groups in total. The van der Waals surface area contributed by atoms with Gasteiger partial charge in [-0.3, -0.25) is 0 Å². The molecule has 2 heterocycles. The molecule has 0 aliphatic rings. The minimum absolute atomic E-state index is 1.09. The zero-order chi connectivity index (χ0) is 12.2. The predicted molar refractivity (Wildman–Crippen MR) is 72.4 cm³/mol. The van der Waals surface area contributed by atoms with Crippen LogP contribution in [0.3, 0.4) is 0 Å². The summed E-state index contributed by atoms with van der Waals surface area (Å²) in [6.45, 7) is 6.43. The van der Waals surface area contributed by atoms with Crippen LogP contribution in [0.4, 0.5) is 0 Å². The van der Waals surface area contributed by atoms with E-state index in [1.54, 1.807) is 0 Å². The van der Waals surface area contributed by atoms with Crippen LogP contribution in [0.5, 0.6) is 0 Å². The molecule has 0 aliphatic heterocycles. The molecule has 17 heavy (non-hydrogen) atoms. The van der Waals surface area contributed by atoms with Gasteiger partial charge in [0, 0.05) is 23.5 Å². The molecule has 2 nitrogen and oxygen atoms in total. The molecule has 1 aromatic carbocycles. The third kappa shape index (κ3) is 1.24. The molecule has 0 saturated heterocycles. The van der Waals surface area contributed by atoms with Gasteiger partial charge in [-0.1, -0.05) is 18.2 Å². The maximum absolute atomic E-state index is 4.74. The largest absolute Gasteiger partial charge is 0.328 e. The second kappa shape index (κ2) is 3.33. The van der Waals surface area contributed by atoms with Crippen molar-refractivity contribution in [1.29, 1.82) is 0 Å². The number of aromatic nitrogens is 2. The summed E-state index contributed by atoms with van der Waals surface area (Å²) in [5.41, 5.74) is 6.12. The summed E-state index contributed by atoms with van der Waals surface area (Å²) in [4.78, 5) is 4.74. The van der Waals surface area contributed by atoms with Crippen molar-refractivity contribution in [2.75, 3.05) is 0 Å². The lowest BCUT2D eigenvalue weighted by molar-refractivity contribution is 0.976. The van der Waals surface area contributed by atoms with Crippen molar-refractivity contribution in [1.82, 2.24) is 9.55 Å². The number of benzene rings is 1. The highest BCUT2D eigenvalue weighted by molar-refractivity contribution is 6.08. The first-order valence-corrected chi connectivity index (χ1v) is 5.92. The Bertz CT molecular complexity index is 736. The Hall–Kier alpha value is -1.83. The van der Waals surface area contributed by atoms with Crippen LogP contribution < -0.4 is 0 Å². The Kier molecular flexibility index (Phi) is 2.02. The second-order valence-corrected chi connectivity index (χ2v) is 4.72. The number of rotatable bonds is 0. The maximum atomic E-state index is 4.74. The molecule has 0 amide bonds. The fourth-order valence-corrected chi connectivity index (χ4v) is 2.58. The fourth-order valence-electron chi connectivity index (χ4n) is 2.58. The van der Waals surface area contributed by atoms with Crippen LogP contribution >= 0.6 is 0 Å². The lowest BCUT2D eigenvalue weighted by Gasteiger charge is -2.06. The van der Waals surface area contributed by atoms with Crippen LogP contribution in [0.2, 0.25) is 0 Å². The van der Waals surface area contributed by atoms with E-state index in [0.29, 0.717) is 0 Å². The summed E-state index contributed by atoms with van der Waals surface area (Å²) in [7, 11) is 2.09. The van der Waals surface area contributed by atoms with Gasteiger partial charge in [0.1, 0.15) is 5.65 Å². The normalized spacial score (nSPS) is 11.5. The molecule has 0 unspecified atom stereocenters. The Morgan fingerprint density at radius 1 is 1.00 bits per heavy atom. The van der Waals surface area contributed by atoms with Crippen molar-refractivity contribution < 1.29 is 0 Å². The van der Waals surface area contributed by atoms with Gasteiger partial charge in [0.05, 0.1) is 5.52 Å². The SMILES string of the molecule is Cc1nc2c(c(C)c1C)c1ccccc1n2C. The van der Waals surface area contributed by atoms with Crippen molar-refractivity contribution >= 4 is 21.9 Å². The molecule has 0 fully saturated rings. The van der Waals surface area contributed by atoms with Gasteiger partial charge in [0.2, 0.25) is 0 Å². The van der Waals surface area contributed by atoms with Crippen molar-refractivity contribution in [3.8, 4) is 0 Å². The number of para-hydroxylation sites is 1. The monoisotopic (exact) mass is 224 g/mol. The molecule has 86 valence electrons. The minimum Gasteiger partial charge on any atom is -0.328 e. The number of pyridine rings is 1. The Morgan fingerprint density at radius 3 is 2.47 bits per heavy atom. The molecule has 2 heteroatoms. The molecule has 0 radical (unpaired) electrons. The average Bonchev–Trinajstić information content (AvgIpc) is 2.61. The molecule has 3 aromatic rings. The van der Waals surface area contributed by atoms with E-state index in [4.69, 9.17) is 4.98 Å². The zero-order valence-corrected chi connectivity index (χ0v) is 10.7. The van der Waals surface area contributed by atoms with Gasteiger partial charge in [-0.15, -0.1) is 0 Å².